The zero-order chi connectivity index (χ0) is 30.8. The number of carbonyl (C=O) groups excluding carboxylic acids is 3. The van der Waals surface area contributed by atoms with Crippen LogP contribution in [0.15, 0.2) is 30.5 Å². The summed E-state index contributed by atoms with van der Waals surface area (Å²) in [6, 6.07) is 6.78. The second kappa shape index (κ2) is 15.8. The van der Waals surface area contributed by atoms with Crippen molar-refractivity contribution < 1.29 is 28.6 Å². The molecule has 0 aliphatic carbocycles. The molecule has 0 aromatic heterocycles. The number of Topliss-reactive ketones (excluding diaryl/α,β-unsaturated/α-hetero) is 1. The molecule has 1 amide bonds. The third kappa shape index (κ3) is 9.07. The number of nitrogens with one attached hydrogen (secondary N) is 1. The lowest BCUT2D eigenvalue weighted by molar-refractivity contribution is -0.155. The van der Waals surface area contributed by atoms with Gasteiger partial charge in [-0.25, -0.2) is 10.6 Å². The Bertz CT molecular complexity index is 1100. The molecule has 3 rings (SSSR count). The van der Waals surface area contributed by atoms with Gasteiger partial charge in [0.2, 0.25) is 0 Å². The van der Waals surface area contributed by atoms with Gasteiger partial charge in [-0.15, -0.1) is 0 Å². The maximum Gasteiger partial charge on any atom is 0.410 e. The molecule has 12 nitrogen and oxygen atoms in total. The van der Waals surface area contributed by atoms with Crippen LogP contribution in [0, 0.1) is 11.8 Å². The van der Waals surface area contributed by atoms with Gasteiger partial charge >= 0.3 is 12.1 Å². The first-order valence-corrected chi connectivity index (χ1v) is 14.8. The van der Waals surface area contributed by atoms with Crippen molar-refractivity contribution in [3.8, 4) is 0 Å². The van der Waals surface area contributed by atoms with Gasteiger partial charge in [0, 0.05) is 49.6 Å². The van der Waals surface area contributed by atoms with Gasteiger partial charge in [-0.1, -0.05) is 19.1 Å². The minimum absolute atomic E-state index is 0.0897. The van der Waals surface area contributed by atoms with Crippen molar-refractivity contribution in [2.24, 2.45) is 23.4 Å². The highest BCUT2D eigenvalue weighted by Gasteiger charge is 2.45. The Morgan fingerprint density at radius 2 is 1.98 bits per heavy atom. The van der Waals surface area contributed by atoms with E-state index in [2.05, 4.69) is 5.32 Å². The van der Waals surface area contributed by atoms with Crippen molar-refractivity contribution in [1.29, 1.82) is 0 Å². The maximum atomic E-state index is 12.9. The number of fused-ring (bicyclic) bond motifs is 1. The van der Waals surface area contributed by atoms with E-state index in [4.69, 9.17) is 31.5 Å². The molecule has 2 aliphatic heterocycles. The second-order valence-corrected chi connectivity index (χ2v) is 11.4. The van der Waals surface area contributed by atoms with Crippen LogP contribution in [0.5, 0.6) is 0 Å². The fourth-order valence-electron chi connectivity index (χ4n) is 5.62. The van der Waals surface area contributed by atoms with Crippen molar-refractivity contribution in [1.82, 2.24) is 15.2 Å². The van der Waals surface area contributed by atoms with Gasteiger partial charge in [-0.05, 0) is 64.6 Å². The van der Waals surface area contributed by atoms with Crippen LogP contribution in [0.3, 0.4) is 0 Å². The highest BCUT2D eigenvalue weighted by Crippen LogP contribution is 2.25. The Morgan fingerprint density at radius 1 is 1.21 bits per heavy atom. The van der Waals surface area contributed by atoms with E-state index in [-0.39, 0.29) is 36.5 Å². The van der Waals surface area contributed by atoms with Crippen LogP contribution >= 0.6 is 0 Å². The summed E-state index contributed by atoms with van der Waals surface area (Å²) in [5.41, 5.74) is 13.9. The van der Waals surface area contributed by atoms with E-state index in [9.17, 15) is 14.4 Å². The topological polar surface area (TPSA) is 175 Å². The van der Waals surface area contributed by atoms with Gasteiger partial charge in [-0.3, -0.25) is 14.5 Å². The molecule has 0 radical (unpaired) electrons. The summed E-state index contributed by atoms with van der Waals surface area (Å²) in [4.78, 5) is 40.3. The molecule has 2 saturated heterocycles. The standard InChI is InChI=1S/C30H48N6O6/c1-19-15-24(40-4)11-8-12-34-21(3)27-26(18-41-29(38)20(2)28(19)37)42-30(39)36(27)14-6-5-13-35(33)17-25(32)22-9-7-10-23(31)16-22/h7,9-10,16-17,19-21,24,26-27,34H,5-6,8,11-15,18,31-33H2,1-4H3/b25-17-. The van der Waals surface area contributed by atoms with Crippen LogP contribution < -0.4 is 22.6 Å². The minimum Gasteiger partial charge on any atom is -0.461 e. The van der Waals surface area contributed by atoms with Crippen LogP contribution in [0.4, 0.5) is 10.5 Å². The molecule has 0 saturated carbocycles. The number of unbranched alkanes of at least 4 members (excludes halogenated alkanes) is 1. The summed E-state index contributed by atoms with van der Waals surface area (Å²) in [6.45, 7) is 6.94. The molecule has 12 heteroatoms. The number of hydrazine groups is 1. The van der Waals surface area contributed by atoms with E-state index >= 15 is 0 Å². The smallest absolute Gasteiger partial charge is 0.410 e. The van der Waals surface area contributed by atoms with Crippen molar-refractivity contribution in [2.45, 2.75) is 77.2 Å². The minimum atomic E-state index is -0.911. The SMILES string of the molecule is COC1CCCNC(C)C2C(COC(=O)C(C)C(=O)C(C)C1)OC(=O)N2CCCCN(N)/C=C(\N)c1cccc(N)c1. The zero-order valence-electron chi connectivity index (χ0n) is 25.3. The summed E-state index contributed by atoms with van der Waals surface area (Å²) < 4.78 is 16.8. The molecule has 1 aromatic rings. The monoisotopic (exact) mass is 588 g/mol. The van der Waals surface area contributed by atoms with E-state index in [1.54, 1.807) is 37.3 Å². The van der Waals surface area contributed by atoms with Crippen LogP contribution in [-0.2, 0) is 23.8 Å². The summed E-state index contributed by atoms with van der Waals surface area (Å²) in [5, 5.41) is 5.03. The number of anilines is 1. The molecule has 2 heterocycles. The molecule has 42 heavy (non-hydrogen) atoms. The van der Waals surface area contributed by atoms with Gasteiger partial charge < -0.3 is 36.0 Å². The average molecular weight is 589 g/mol. The van der Waals surface area contributed by atoms with Gasteiger partial charge in [-0.2, -0.15) is 0 Å². The summed E-state index contributed by atoms with van der Waals surface area (Å²) in [7, 11) is 1.64. The Morgan fingerprint density at radius 3 is 2.69 bits per heavy atom. The van der Waals surface area contributed by atoms with Crippen molar-refractivity contribution in [3.05, 3.63) is 36.0 Å². The molecular weight excluding hydrogens is 540 g/mol. The first-order valence-electron chi connectivity index (χ1n) is 14.8. The van der Waals surface area contributed by atoms with Gasteiger partial charge in [0.05, 0.1) is 17.8 Å². The molecule has 0 bridgehead atoms. The third-order valence-electron chi connectivity index (χ3n) is 8.10. The number of rotatable bonds is 8. The van der Waals surface area contributed by atoms with Crippen LogP contribution in [0.1, 0.15) is 58.4 Å². The van der Waals surface area contributed by atoms with E-state index in [1.165, 1.54) is 5.01 Å². The number of cyclic esters (lactones) is 1. The van der Waals surface area contributed by atoms with E-state index in [0.717, 1.165) is 18.4 Å². The number of methoxy groups -OCH3 is 1. The Hall–Kier alpha value is -3.35. The van der Waals surface area contributed by atoms with Gasteiger partial charge in [0.15, 0.2) is 6.10 Å². The lowest BCUT2D eigenvalue weighted by atomic mass is 9.90. The number of hydrogen-bond acceptors (Lipinski definition) is 11. The van der Waals surface area contributed by atoms with Crippen LogP contribution in [-0.4, -0.2) is 85.4 Å². The fourth-order valence-corrected chi connectivity index (χ4v) is 5.62. The third-order valence-corrected chi connectivity index (χ3v) is 8.10. The zero-order valence-corrected chi connectivity index (χ0v) is 25.3. The van der Waals surface area contributed by atoms with Crippen molar-refractivity contribution >= 4 is 29.2 Å². The van der Waals surface area contributed by atoms with E-state index in [1.807, 2.05) is 26.0 Å². The van der Waals surface area contributed by atoms with Gasteiger partial charge in [0.25, 0.3) is 0 Å². The molecular formula is C30H48N6O6. The van der Waals surface area contributed by atoms with Crippen LogP contribution in [0.2, 0.25) is 0 Å². The normalized spacial score (nSPS) is 28.4. The average Bonchev–Trinajstić information content (AvgIpc) is 3.28. The molecule has 1 aromatic carbocycles. The van der Waals surface area contributed by atoms with E-state index in [0.29, 0.717) is 50.3 Å². The molecule has 2 aliphatic rings. The summed E-state index contributed by atoms with van der Waals surface area (Å²) in [6.07, 6.45) is 3.98. The number of nitrogens with zero attached hydrogens (tertiary/aromatic N) is 2. The second-order valence-electron chi connectivity index (χ2n) is 11.4. The number of carbonyl (C=O) groups is 3. The fraction of sp³-hybridized carbons (Fsp3) is 0.633. The molecule has 7 N–H and O–H groups in total. The first-order chi connectivity index (χ1) is 20.0. The maximum absolute atomic E-state index is 12.9. The predicted molar refractivity (Wildman–Crippen MR) is 160 cm³/mol. The van der Waals surface area contributed by atoms with Gasteiger partial charge in [0.1, 0.15) is 18.3 Å². The quantitative estimate of drug-likeness (QED) is 0.0875. The van der Waals surface area contributed by atoms with E-state index < -0.39 is 24.1 Å². The highest BCUT2D eigenvalue weighted by molar-refractivity contribution is 5.99. The number of nitrogen functional groups attached to an aromatic ring is 1. The number of hydrogen-bond donors (Lipinski definition) is 4. The highest BCUT2D eigenvalue weighted by atomic mass is 16.6. The number of ether oxygens (including phenoxy) is 3. The molecule has 0 spiro atoms. The van der Waals surface area contributed by atoms with Crippen molar-refractivity contribution in [3.63, 3.8) is 0 Å². The number of ketones is 1. The first kappa shape index (κ1) is 33.2. The summed E-state index contributed by atoms with van der Waals surface area (Å²) in [5.74, 6) is 4.11. The Balaban J connectivity index is 1.62. The lowest BCUT2D eigenvalue weighted by Gasteiger charge is -2.30. The Labute approximate surface area is 248 Å². The molecule has 234 valence electrons. The number of nitrogens with two attached hydrogens (primary N) is 3. The largest absolute Gasteiger partial charge is 0.461 e. The summed E-state index contributed by atoms with van der Waals surface area (Å²) >= 11 is 0. The van der Waals surface area contributed by atoms with Crippen molar-refractivity contribution in [2.75, 3.05) is 39.1 Å². The lowest BCUT2D eigenvalue weighted by Crippen LogP contribution is -2.52. The Kier molecular flexibility index (Phi) is 12.4. The molecule has 6 unspecified atom stereocenters. The number of benzene rings is 1. The van der Waals surface area contributed by atoms with Crippen LogP contribution in [0.25, 0.3) is 5.70 Å². The molecule has 6 atom stereocenters. The number of amides is 1. The number of esters is 1. The molecule has 2 fully saturated rings. The predicted octanol–water partition coefficient (Wildman–Crippen LogP) is 2.23.